The summed E-state index contributed by atoms with van der Waals surface area (Å²) in [5.74, 6) is -0.417. The number of nitrogens with zero attached hydrogens (tertiary/aromatic N) is 2. The standard InChI is InChI=1S/C27H39N3O4S/c1-20-12-10-15-24(18-20)30(35(7,33)34)17-11-16-25(31)29(19-23-14-9-8-13-21(23)2)22(3)26(32)28-27(4,5)6/h8-10,12-15,18,22H,11,16-17,19H2,1-7H3,(H,28,32)/t22-/m1/s1. The summed E-state index contributed by atoms with van der Waals surface area (Å²) in [6.45, 7) is 11.8. The van der Waals surface area contributed by atoms with E-state index in [0.717, 1.165) is 16.7 Å². The van der Waals surface area contributed by atoms with Crippen molar-refractivity contribution in [3.63, 3.8) is 0 Å². The molecule has 7 nitrogen and oxygen atoms in total. The van der Waals surface area contributed by atoms with Crippen LogP contribution in [0.5, 0.6) is 0 Å². The average molecular weight is 502 g/mol. The molecule has 1 atom stereocenters. The summed E-state index contributed by atoms with van der Waals surface area (Å²) in [5.41, 5.74) is 3.11. The Kier molecular flexibility index (Phi) is 9.49. The molecule has 0 aromatic heterocycles. The second-order valence-corrected chi connectivity index (χ2v) is 12.0. The molecule has 0 aliphatic carbocycles. The van der Waals surface area contributed by atoms with E-state index in [1.165, 1.54) is 10.6 Å². The molecule has 0 unspecified atom stereocenters. The van der Waals surface area contributed by atoms with Gasteiger partial charge in [0.1, 0.15) is 6.04 Å². The van der Waals surface area contributed by atoms with Crippen LogP contribution in [0.25, 0.3) is 0 Å². The predicted octanol–water partition coefficient (Wildman–Crippen LogP) is 4.18. The van der Waals surface area contributed by atoms with Gasteiger partial charge in [-0.25, -0.2) is 8.42 Å². The Bertz CT molecular complexity index is 1140. The van der Waals surface area contributed by atoms with Gasteiger partial charge in [0, 0.05) is 25.0 Å². The first-order chi connectivity index (χ1) is 16.2. The lowest BCUT2D eigenvalue weighted by Gasteiger charge is -2.32. The SMILES string of the molecule is Cc1cccc(N(CCCC(=O)N(Cc2ccccc2C)[C@H](C)C(=O)NC(C)(C)C)S(C)(=O)=O)c1. The average Bonchev–Trinajstić information content (AvgIpc) is 2.73. The number of hydrogen-bond donors (Lipinski definition) is 1. The lowest BCUT2D eigenvalue weighted by atomic mass is 10.1. The van der Waals surface area contributed by atoms with Crippen LogP contribution in [0.15, 0.2) is 48.5 Å². The molecule has 0 aliphatic rings. The van der Waals surface area contributed by atoms with Crippen LogP contribution in [0.4, 0.5) is 5.69 Å². The quantitative estimate of drug-likeness (QED) is 0.529. The molecule has 0 saturated carbocycles. The van der Waals surface area contributed by atoms with Crippen molar-refractivity contribution in [2.24, 2.45) is 0 Å². The first kappa shape index (κ1) is 28.4. The number of rotatable bonds is 10. The third kappa shape index (κ3) is 8.69. The first-order valence-electron chi connectivity index (χ1n) is 11.9. The van der Waals surface area contributed by atoms with Crippen LogP contribution in [-0.4, -0.2) is 49.5 Å². The Morgan fingerprint density at radius 3 is 2.26 bits per heavy atom. The predicted molar refractivity (Wildman–Crippen MR) is 142 cm³/mol. The number of sulfonamides is 1. The highest BCUT2D eigenvalue weighted by Gasteiger charge is 2.29. The third-order valence-corrected chi connectivity index (χ3v) is 6.90. The molecule has 0 radical (unpaired) electrons. The van der Waals surface area contributed by atoms with Crippen LogP contribution >= 0.6 is 0 Å². The fourth-order valence-electron chi connectivity index (χ4n) is 3.81. The second-order valence-electron chi connectivity index (χ2n) is 10.1. The molecule has 192 valence electrons. The summed E-state index contributed by atoms with van der Waals surface area (Å²) in [4.78, 5) is 27.9. The maximum Gasteiger partial charge on any atom is 0.242 e. The number of amides is 2. The number of benzene rings is 2. The van der Waals surface area contributed by atoms with Gasteiger partial charge in [0.25, 0.3) is 0 Å². The number of hydrogen-bond acceptors (Lipinski definition) is 4. The van der Waals surface area contributed by atoms with E-state index in [0.29, 0.717) is 18.7 Å². The minimum Gasteiger partial charge on any atom is -0.350 e. The van der Waals surface area contributed by atoms with Crippen LogP contribution in [0.1, 0.15) is 57.2 Å². The van der Waals surface area contributed by atoms with E-state index in [2.05, 4.69) is 5.32 Å². The van der Waals surface area contributed by atoms with Gasteiger partial charge in [-0.2, -0.15) is 0 Å². The van der Waals surface area contributed by atoms with Gasteiger partial charge >= 0.3 is 0 Å². The molecule has 35 heavy (non-hydrogen) atoms. The number of aryl methyl sites for hydroxylation is 2. The van der Waals surface area contributed by atoms with Gasteiger partial charge < -0.3 is 10.2 Å². The normalized spacial score (nSPS) is 12.7. The molecule has 0 spiro atoms. The molecule has 0 bridgehead atoms. The summed E-state index contributed by atoms with van der Waals surface area (Å²) < 4.78 is 26.2. The summed E-state index contributed by atoms with van der Waals surface area (Å²) in [6, 6.07) is 14.4. The molecular weight excluding hydrogens is 462 g/mol. The van der Waals surface area contributed by atoms with Crippen molar-refractivity contribution in [2.45, 2.75) is 72.5 Å². The third-order valence-electron chi connectivity index (χ3n) is 5.71. The summed E-state index contributed by atoms with van der Waals surface area (Å²) in [6.07, 6.45) is 1.62. The summed E-state index contributed by atoms with van der Waals surface area (Å²) >= 11 is 0. The monoisotopic (exact) mass is 501 g/mol. The van der Waals surface area contributed by atoms with Crippen LogP contribution in [0, 0.1) is 13.8 Å². The van der Waals surface area contributed by atoms with Gasteiger partial charge in [0.2, 0.25) is 21.8 Å². The smallest absolute Gasteiger partial charge is 0.242 e. The molecule has 0 saturated heterocycles. The first-order valence-corrected chi connectivity index (χ1v) is 13.7. The lowest BCUT2D eigenvalue weighted by Crippen LogP contribution is -2.52. The molecule has 0 fully saturated rings. The molecule has 0 aliphatic heterocycles. The van der Waals surface area contributed by atoms with Gasteiger partial charge in [0.15, 0.2) is 0 Å². The van der Waals surface area contributed by atoms with E-state index < -0.39 is 21.6 Å². The van der Waals surface area contributed by atoms with Gasteiger partial charge in [-0.1, -0.05) is 36.4 Å². The van der Waals surface area contributed by atoms with E-state index in [4.69, 9.17) is 0 Å². The van der Waals surface area contributed by atoms with Crippen LogP contribution < -0.4 is 9.62 Å². The largest absolute Gasteiger partial charge is 0.350 e. The molecule has 2 rings (SSSR count). The van der Waals surface area contributed by atoms with E-state index in [-0.39, 0.29) is 24.8 Å². The van der Waals surface area contributed by atoms with Crippen LogP contribution in [0.3, 0.4) is 0 Å². The lowest BCUT2D eigenvalue weighted by molar-refractivity contribution is -0.141. The minimum absolute atomic E-state index is 0.122. The highest BCUT2D eigenvalue weighted by atomic mass is 32.2. The Morgan fingerprint density at radius 2 is 1.69 bits per heavy atom. The van der Waals surface area contributed by atoms with E-state index in [1.54, 1.807) is 17.9 Å². The molecule has 2 aromatic rings. The van der Waals surface area contributed by atoms with Crippen molar-refractivity contribution in [1.29, 1.82) is 0 Å². The Labute approximate surface area is 210 Å². The zero-order valence-corrected chi connectivity index (χ0v) is 22.8. The van der Waals surface area contributed by atoms with Crippen molar-refractivity contribution in [3.8, 4) is 0 Å². The van der Waals surface area contributed by atoms with Crippen molar-refractivity contribution in [2.75, 3.05) is 17.1 Å². The van der Waals surface area contributed by atoms with Crippen molar-refractivity contribution in [3.05, 3.63) is 65.2 Å². The Hall–Kier alpha value is -2.87. The number of carbonyl (C=O) groups is 2. The summed E-state index contributed by atoms with van der Waals surface area (Å²) in [5, 5.41) is 2.96. The molecule has 1 N–H and O–H groups in total. The molecule has 2 aromatic carbocycles. The second kappa shape index (κ2) is 11.7. The maximum atomic E-state index is 13.4. The minimum atomic E-state index is -3.51. The molecule has 2 amide bonds. The van der Waals surface area contributed by atoms with Crippen LogP contribution in [-0.2, 0) is 26.2 Å². The molecule has 0 heterocycles. The van der Waals surface area contributed by atoms with E-state index >= 15 is 0 Å². The van der Waals surface area contributed by atoms with Gasteiger partial charge in [-0.15, -0.1) is 0 Å². The fraction of sp³-hybridized carbons (Fsp3) is 0.481. The van der Waals surface area contributed by atoms with E-state index in [9.17, 15) is 18.0 Å². The number of carbonyl (C=O) groups excluding carboxylic acids is 2. The highest BCUT2D eigenvalue weighted by Crippen LogP contribution is 2.21. The highest BCUT2D eigenvalue weighted by molar-refractivity contribution is 7.92. The zero-order chi connectivity index (χ0) is 26.4. The Balaban J connectivity index is 2.20. The fourth-order valence-corrected chi connectivity index (χ4v) is 4.77. The van der Waals surface area contributed by atoms with Gasteiger partial charge in [0.05, 0.1) is 11.9 Å². The maximum absolute atomic E-state index is 13.4. The molecular formula is C27H39N3O4S. The summed E-state index contributed by atoms with van der Waals surface area (Å²) in [7, 11) is -3.51. The van der Waals surface area contributed by atoms with Crippen molar-refractivity contribution in [1.82, 2.24) is 10.2 Å². The topological polar surface area (TPSA) is 86.8 Å². The van der Waals surface area contributed by atoms with Crippen LogP contribution in [0.2, 0.25) is 0 Å². The van der Waals surface area contributed by atoms with Crippen molar-refractivity contribution < 1.29 is 18.0 Å². The van der Waals surface area contributed by atoms with Crippen molar-refractivity contribution >= 4 is 27.5 Å². The van der Waals surface area contributed by atoms with Gasteiger partial charge in [-0.05, 0) is 76.8 Å². The van der Waals surface area contributed by atoms with Gasteiger partial charge in [-0.3, -0.25) is 13.9 Å². The number of nitrogens with one attached hydrogen (secondary N) is 1. The Morgan fingerprint density at radius 1 is 1.03 bits per heavy atom. The zero-order valence-electron chi connectivity index (χ0n) is 22.0. The molecule has 8 heteroatoms. The number of anilines is 1. The van der Waals surface area contributed by atoms with E-state index in [1.807, 2.05) is 77.1 Å².